The fraction of sp³-hybridized carbons (Fsp3) is 0.533. The fourth-order valence-corrected chi connectivity index (χ4v) is 2.46. The zero-order chi connectivity index (χ0) is 14.5. The van der Waals surface area contributed by atoms with Gasteiger partial charge in [-0.3, -0.25) is 4.79 Å². The Morgan fingerprint density at radius 1 is 1.55 bits per heavy atom. The van der Waals surface area contributed by atoms with Gasteiger partial charge in [0.25, 0.3) is 0 Å². The number of fused-ring (bicyclic) bond motifs is 1. The molecule has 0 bridgehead atoms. The average molecular weight is 278 g/mol. The second kappa shape index (κ2) is 6.72. The smallest absolute Gasteiger partial charge is 0.220 e. The van der Waals surface area contributed by atoms with Gasteiger partial charge >= 0.3 is 0 Å². The standard InChI is InChI=1S/C15H22N2O3/c1-10-4-2-5-11-14(19)12(7-9-20-15(10)11)17-13(18)6-3-8-16/h2,4-5,12,14,19H,3,6-9,16H2,1H3,(H,17,18). The second-order valence-corrected chi connectivity index (χ2v) is 5.14. The largest absolute Gasteiger partial charge is 0.493 e. The van der Waals surface area contributed by atoms with Gasteiger partial charge in [-0.05, 0) is 25.5 Å². The number of ether oxygens (including phenoxy) is 1. The van der Waals surface area contributed by atoms with E-state index in [0.717, 1.165) is 16.9 Å². The van der Waals surface area contributed by atoms with Crippen LogP contribution in [0.4, 0.5) is 0 Å². The number of aliphatic hydroxyl groups is 1. The lowest BCUT2D eigenvalue weighted by atomic mass is 9.98. The third-order valence-corrected chi connectivity index (χ3v) is 3.57. The summed E-state index contributed by atoms with van der Waals surface area (Å²) in [5.41, 5.74) is 7.13. The van der Waals surface area contributed by atoms with Crippen molar-refractivity contribution in [3.05, 3.63) is 29.3 Å². The summed E-state index contributed by atoms with van der Waals surface area (Å²) in [4.78, 5) is 11.8. The van der Waals surface area contributed by atoms with Gasteiger partial charge in [-0.15, -0.1) is 0 Å². The number of para-hydroxylation sites is 1. The molecule has 4 N–H and O–H groups in total. The molecule has 5 nitrogen and oxygen atoms in total. The highest BCUT2D eigenvalue weighted by Gasteiger charge is 2.28. The van der Waals surface area contributed by atoms with Crippen molar-refractivity contribution in [2.24, 2.45) is 5.73 Å². The van der Waals surface area contributed by atoms with E-state index in [0.29, 0.717) is 32.4 Å². The number of amides is 1. The van der Waals surface area contributed by atoms with Crippen LogP contribution in [0.5, 0.6) is 5.75 Å². The zero-order valence-electron chi connectivity index (χ0n) is 11.8. The molecule has 5 heteroatoms. The molecule has 0 fully saturated rings. The van der Waals surface area contributed by atoms with Crippen LogP contribution < -0.4 is 15.8 Å². The third-order valence-electron chi connectivity index (χ3n) is 3.57. The number of aryl methyl sites for hydroxylation is 1. The molecule has 110 valence electrons. The Bertz CT molecular complexity index is 476. The number of hydrogen-bond donors (Lipinski definition) is 3. The minimum absolute atomic E-state index is 0.0735. The molecule has 1 amide bonds. The highest BCUT2D eigenvalue weighted by Crippen LogP contribution is 2.34. The normalized spacial score (nSPS) is 21.6. The minimum Gasteiger partial charge on any atom is -0.493 e. The lowest BCUT2D eigenvalue weighted by Gasteiger charge is -2.22. The lowest BCUT2D eigenvalue weighted by molar-refractivity contribution is -0.122. The van der Waals surface area contributed by atoms with Crippen LogP contribution in [-0.4, -0.2) is 30.2 Å². The summed E-state index contributed by atoms with van der Waals surface area (Å²) in [7, 11) is 0. The van der Waals surface area contributed by atoms with E-state index in [1.165, 1.54) is 0 Å². The third kappa shape index (κ3) is 3.29. The predicted octanol–water partition coefficient (Wildman–Crippen LogP) is 1.03. The first-order valence-corrected chi connectivity index (χ1v) is 7.03. The summed E-state index contributed by atoms with van der Waals surface area (Å²) in [6.45, 7) is 2.92. The number of carbonyl (C=O) groups is 1. The topological polar surface area (TPSA) is 84.6 Å². The van der Waals surface area contributed by atoms with Crippen molar-refractivity contribution >= 4 is 5.91 Å². The molecule has 20 heavy (non-hydrogen) atoms. The van der Waals surface area contributed by atoms with E-state index >= 15 is 0 Å². The van der Waals surface area contributed by atoms with Crippen LogP contribution in [0.3, 0.4) is 0 Å². The Balaban J connectivity index is 2.11. The summed E-state index contributed by atoms with van der Waals surface area (Å²) in [5, 5.41) is 13.4. The summed E-state index contributed by atoms with van der Waals surface area (Å²) in [5.74, 6) is 0.661. The van der Waals surface area contributed by atoms with E-state index in [-0.39, 0.29) is 11.9 Å². The molecule has 1 aromatic carbocycles. The number of nitrogens with one attached hydrogen (secondary N) is 1. The minimum atomic E-state index is -0.741. The maximum Gasteiger partial charge on any atom is 0.220 e. The van der Waals surface area contributed by atoms with E-state index in [1.807, 2.05) is 25.1 Å². The number of carbonyl (C=O) groups excluding carboxylic acids is 1. The van der Waals surface area contributed by atoms with Crippen LogP contribution in [0.1, 0.15) is 36.5 Å². The van der Waals surface area contributed by atoms with Gasteiger partial charge in [0, 0.05) is 18.4 Å². The van der Waals surface area contributed by atoms with Gasteiger partial charge in [-0.25, -0.2) is 0 Å². The maximum atomic E-state index is 11.8. The maximum absolute atomic E-state index is 11.8. The Kier molecular flexibility index (Phi) is 4.98. The lowest BCUT2D eigenvalue weighted by Crippen LogP contribution is -2.39. The van der Waals surface area contributed by atoms with Crippen molar-refractivity contribution in [2.45, 2.75) is 38.3 Å². The van der Waals surface area contributed by atoms with E-state index in [2.05, 4.69) is 5.32 Å². The van der Waals surface area contributed by atoms with Crippen molar-refractivity contribution < 1.29 is 14.6 Å². The van der Waals surface area contributed by atoms with Gasteiger partial charge in [0.2, 0.25) is 5.91 Å². The van der Waals surface area contributed by atoms with Crippen LogP contribution in [0.2, 0.25) is 0 Å². The molecule has 0 radical (unpaired) electrons. The Morgan fingerprint density at radius 2 is 2.35 bits per heavy atom. The van der Waals surface area contributed by atoms with Crippen molar-refractivity contribution in [1.29, 1.82) is 0 Å². The predicted molar refractivity (Wildman–Crippen MR) is 76.5 cm³/mol. The second-order valence-electron chi connectivity index (χ2n) is 5.14. The molecule has 1 heterocycles. The van der Waals surface area contributed by atoms with Crippen molar-refractivity contribution in [1.82, 2.24) is 5.32 Å². The molecule has 1 aromatic rings. The van der Waals surface area contributed by atoms with Gasteiger partial charge in [0.05, 0.1) is 12.6 Å². The number of nitrogens with two attached hydrogens (primary N) is 1. The summed E-state index contributed by atoms with van der Waals surface area (Å²) >= 11 is 0. The van der Waals surface area contributed by atoms with Crippen molar-refractivity contribution in [3.63, 3.8) is 0 Å². The average Bonchev–Trinajstić information content (AvgIpc) is 2.59. The summed E-state index contributed by atoms with van der Waals surface area (Å²) < 4.78 is 5.71. The van der Waals surface area contributed by atoms with Gasteiger partial charge in [0.15, 0.2) is 0 Å². The van der Waals surface area contributed by atoms with Gasteiger partial charge < -0.3 is 20.9 Å². The highest BCUT2D eigenvalue weighted by molar-refractivity contribution is 5.76. The van der Waals surface area contributed by atoms with E-state index < -0.39 is 6.10 Å². The molecule has 2 atom stereocenters. The molecule has 1 aliphatic heterocycles. The molecule has 2 rings (SSSR count). The molecular formula is C15H22N2O3. The van der Waals surface area contributed by atoms with E-state index in [4.69, 9.17) is 10.5 Å². The van der Waals surface area contributed by atoms with E-state index in [9.17, 15) is 9.90 Å². The van der Waals surface area contributed by atoms with Crippen LogP contribution in [0.25, 0.3) is 0 Å². The number of aliphatic hydroxyl groups excluding tert-OH is 1. The van der Waals surface area contributed by atoms with Crippen LogP contribution in [0, 0.1) is 6.92 Å². The Morgan fingerprint density at radius 3 is 3.10 bits per heavy atom. The van der Waals surface area contributed by atoms with Crippen LogP contribution >= 0.6 is 0 Å². The number of rotatable bonds is 4. The molecular weight excluding hydrogens is 256 g/mol. The molecule has 0 saturated heterocycles. The molecule has 0 spiro atoms. The Labute approximate surface area is 119 Å². The fourth-order valence-electron chi connectivity index (χ4n) is 2.46. The van der Waals surface area contributed by atoms with Crippen LogP contribution in [-0.2, 0) is 4.79 Å². The quantitative estimate of drug-likeness (QED) is 0.768. The van der Waals surface area contributed by atoms with Gasteiger partial charge in [-0.2, -0.15) is 0 Å². The van der Waals surface area contributed by atoms with Gasteiger partial charge in [0.1, 0.15) is 11.9 Å². The monoisotopic (exact) mass is 278 g/mol. The van der Waals surface area contributed by atoms with E-state index in [1.54, 1.807) is 0 Å². The zero-order valence-corrected chi connectivity index (χ0v) is 11.8. The van der Waals surface area contributed by atoms with Crippen molar-refractivity contribution in [3.8, 4) is 5.75 Å². The Hall–Kier alpha value is -1.59. The highest BCUT2D eigenvalue weighted by atomic mass is 16.5. The first kappa shape index (κ1) is 14.8. The number of hydrogen-bond acceptors (Lipinski definition) is 4. The molecule has 1 aliphatic rings. The number of benzene rings is 1. The first-order chi connectivity index (χ1) is 9.63. The summed E-state index contributed by atoms with van der Waals surface area (Å²) in [6.07, 6.45) is 0.889. The molecule has 0 aromatic heterocycles. The SMILES string of the molecule is Cc1cccc2c1OCCC(NC(=O)CCCN)C2O. The van der Waals surface area contributed by atoms with Crippen LogP contribution in [0.15, 0.2) is 18.2 Å². The molecule has 0 aliphatic carbocycles. The molecule has 2 unspecified atom stereocenters. The van der Waals surface area contributed by atoms with Crippen molar-refractivity contribution in [2.75, 3.05) is 13.2 Å². The summed E-state index contributed by atoms with van der Waals surface area (Å²) in [6, 6.07) is 5.37. The van der Waals surface area contributed by atoms with Gasteiger partial charge in [-0.1, -0.05) is 18.2 Å². The first-order valence-electron chi connectivity index (χ1n) is 7.03. The molecule has 0 saturated carbocycles.